The van der Waals surface area contributed by atoms with Crippen molar-refractivity contribution in [3.8, 4) is 44.6 Å². The van der Waals surface area contributed by atoms with Crippen LogP contribution in [0.3, 0.4) is 0 Å². The van der Waals surface area contributed by atoms with E-state index in [9.17, 15) is 0 Å². The maximum atomic E-state index is 4.89. The standard InChI is InChI=1S/C46H39N3.C29H34N4.C28H25N3.C21H21NS/c1-32-10-18-37(19-11-32)47(38-20-12-33(2)13-21-38)41-26-28-45-43(30-41)44-31-42(27-29-46(44)49(45)36-8-6-5-7-9-36)48(39-22-14-34(3)15-23-39)40-24-16-35(4)17-25-40;1-5-7-13-29(14-8-6-2)25-11-9-21(27-30-15-17-32(27)3)19-23(25)24-20-22(10-12-26(24)29)28-31-16-18-33(28)4;1-20-8-13-23(14-9-20)31(24-15-10-21(2)11-16-24)29-19-22-12-17-28-26(18-22)25-6-4-5-7-27(25)30(28)3;1-13(2)20-9-10-21(23-20)22-18-7-5-14(3)11-16(18)17-12-15(4)6-8-19(17)22/h5-31H,1-4H3;9-12,15-20H,5-8,13-14H2,1-4H3;4-19H,1-3H3;5-13H,1-4H3/b;;29-19+;. The van der Waals surface area contributed by atoms with E-state index in [1.165, 1.54) is 192 Å². The highest BCUT2D eigenvalue weighted by Gasteiger charge is 2.43. The molecule has 0 radical (unpaired) electrons. The van der Waals surface area contributed by atoms with Gasteiger partial charge in [-0.15, -0.1) is 11.3 Å². The highest BCUT2D eigenvalue weighted by molar-refractivity contribution is 7.14. The van der Waals surface area contributed by atoms with Gasteiger partial charge in [0.05, 0.1) is 39.7 Å². The van der Waals surface area contributed by atoms with E-state index in [4.69, 9.17) is 5.10 Å². The van der Waals surface area contributed by atoms with Crippen LogP contribution in [0.25, 0.3) is 110 Å². The zero-order valence-electron chi connectivity index (χ0n) is 80.9. The third kappa shape index (κ3) is 18.0. The molecule has 0 fully saturated rings. The summed E-state index contributed by atoms with van der Waals surface area (Å²) < 4.78 is 11.3. The van der Waals surface area contributed by atoms with Gasteiger partial charge in [0.1, 0.15) is 16.6 Å². The molecule has 0 saturated carbocycles. The maximum Gasteiger partial charge on any atom is 0.139 e. The lowest BCUT2D eigenvalue weighted by molar-refractivity contribution is 0.414. The van der Waals surface area contributed by atoms with Crippen molar-refractivity contribution in [3.05, 3.63) is 431 Å². The van der Waals surface area contributed by atoms with Gasteiger partial charge in [0, 0.05) is 151 Å². The van der Waals surface area contributed by atoms with E-state index >= 15 is 0 Å². The molecule has 0 spiro atoms. The lowest BCUT2D eigenvalue weighted by atomic mass is 9.70. The van der Waals surface area contributed by atoms with Crippen LogP contribution in [0.2, 0.25) is 0 Å². The summed E-state index contributed by atoms with van der Waals surface area (Å²) >= 11 is 1.90. The Kier molecular flexibility index (Phi) is 25.7. The molecule has 1 aliphatic carbocycles. The Labute approximate surface area is 804 Å². The van der Waals surface area contributed by atoms with Gasteiger partial charge >= 0.3 is 0 Å². The van der Waals surface area contributed by atoms with Gasteiger partial charge in [-0.2, -0.15) is 5.10 Å². The van der Waals surface area contributed by atoms with Gasteiger partial charge < -0.3 is 32.6 Å². The summed E-state index contributed by atoms with van der Waals surface area (Å²) in [6.45, 7) is 26.2. The summed E-state index contributed by atoms with van der Waals surface area (Å²) in [6.07, 6.45) is 17.1. The molecule has 21 aromatic rings. The number of aryl methyl sites for hydroxylation is 11. The first-order valence-corrected chi connectivity index (χ1v) is 48.8. The number of para-hydroxylation sites is 2. The molecule has 22 rings (SSSR count). The second-order valence-electron chi connectivity index (χ2n) is 37.4. The minimum atomic E-state index is 0.0943. The Morgan fingerprint density at radius 3 is 1.14 bits per heavy atom. The fourth-order valence-corrected chi connectivity index (χ4v) is 20.8. The van der Waals surface area contributed by atoms with Crippen LogP contribution in [0, 0.1) is 55.4 Å². The molecule has 0 atom stereocenters. The minimum Gasteiger partial charge on any atom is -0.344 e. The summed E-state index contributed by atoms with van der Waals surface area (Å²) in [5, 5.41) is 15.8. The molecular formula is C124H119N11S. The zero-order chi connectivity index (χ0) is 94.0. The number of fused-ring (bicyclic) bond motifs is 12. The highest BCUT2D eigenvalue weighted by Crippen LogP contribution is 2.56. The fourth-order valence-electron chi connectivity index (χ4n) is 19.8. The van der Waals surface area contributed by atoms with Crippen molar-refractivity contribution < 1.29 is 0 Å². The SMILES string of the molecule is CCCCC1(CCCC)c2ccc(-c3nccn3C)cc2-c2cc(-c3nccn3C)ccc21.Cc1ccc(N(/N=C/c2ccc3c(c2)c2ccccc2n3C)c2ccc(C)cc2)cc1.Cc1ccc(N(c2ccc(C)cc2)c2ccc3c(c2)c2cc(N(c4ccc(C)cc4)c4ccc(C)cc4)ccc2n3-c2ccccc2)cc1.Cc1ccc2c(c1)c1cc(C)ccc1n2-c1ccc(C(C)C)s1. The highest BCUT2D eigenvalue weighted by atomic mass is 32.1. The first-order valence-electron chi connectivity index (χ1n) is 48.0. The van der Waals surface area contributed by atoms with Crippen molar-refractivity contribution in [3.63, 3.8) is 0 Å². The van der Waals surface area contributed by atoms with Crippen molar-refractivity contribution in [1.29, 1.82) is 0 Å². The van der Waals surface area contributed by atoms with Crippen molar-refractivity contribution >= 4 is 128 Å². The molecular weight excluding hydrogens is 1680 g/mol. The van der Waals surface area contributed by atoms with Crippen LogP contribution in [0.4, 0.5) is 45.5 Å². The van der Waals surface area contributed by atoms with Crippen LogP contribution in [-0.4, -0.2) is 39.0 Å². The Balaban J connectivity index is 0.000000121. The van der Waals surface area contributed by atoms with E-state index in [-0.39, 0.29) is 5.41 Å². The molecule has 0 N–H and O–H groups in total. The second kappa shape index (κ2) is 38.8. The Morgan fingerprint density at radius 2 is 0.721 bits per heavy atom. The molecule has 1 aliphatic rings. The number of hydrazone groups is 1. The van der Waals surface area contributed by atoms with Crippen LogP contribution in [0.1, 0.15) is 138 Å². The maximum absolute atomic E-state index is 4.89. The zero-order valence-corrected chi connectivity index (χ0v) is 81.7. The molecule has 0 amide bonds. The van der Waals surface area contributed by atoms with E-state index in [0.717, 1.165) is 68.4 Å². The average Bonchev–Trinajstić information content (AvgIpc) is 1.62. The fraction of sp³-hybridized carbons (Fsp3) is 0.185. The average molecular weight is 1800 g/mol. The van der Waals surface area contributed by atoms with Gasteiger partial charge in [0.2, 0.25) is 0 Å². The number of anilines is 8. The van der Waals surface area contributed by atoms with Gasteiger partial charge in [0.25, 0.3) is 0 Å². The summed E-state index contributed by atoms with van der Waals surface area (Å²) in [5.74, 6) is 2.60. The first kappa shape index (κ1) is 90.1. The normalized spacial score (nSPS) is 12.1. The third-order valence-corrected chi connectivity index (χ3v) is 28.5. The van der Waals surface area contributed by atoms with Gasteiger partial charge in [-0.3, -0.25) is 0 Å². The van der Waals surface area contributed by atoms with Gasteiger partial charge in [0.15, 0.2) is 0 Å². The van der Waals surface area contributed by atoms with Gasteiger partial charge in [-0.25, -0.2) is 15.0 Å². The molecule has 136 heavy (non-hydrogen) atoms. The number of imidazole rings is 2. The quantitative estimate of drug-likeness (QED) is 0.0529. The van der Waals surface area contributed by atoms with Crippen LogP contribution in [-0.2, 0) is 26.6 Å². The number of hydrogen-bond donors (Lipinski definition) is 0. The number of aromatic nitrogens is 7. The third-order valence-electron chi connectivity index (χ3n) is 27.2. The van der Waals surface area contributed by atoms with E-state index in [0.29, 0.717) is 5.92 Å². The van der Waals surface area contributed by atoms with Crippen LogP contribution in [0.15, 0.2) is 370 Å². The van der Waals surface area contributed by atoms with Crippen molar-refractivity contribution in [2.24, 2.45) is 26.2 Å². The molecule has 12 heteroatoms. The second-order valence-corrected chi connectivity index (χ2v) is 38.5. The van der Waals surface area contributed by atoms with E-state index < -0.39 is 0 Å². The first-order chi connectivity index (χ1) is 66.1. The lowest BCUT2D eigenvalue weighted by Gasteiger charge is -2.32. The number of thiophene rings is 1. The number of nitrogens with zero attached hydrogens (tertiary/aromatic N) is 11. The molecule has 0 saturated heterocycles. The Morgan fingerprint density at radius 1 is 0.346 bits per heavy atom. The van der Waals surface area contributed by atoms with Gasteiger partial charge in [-0.1, -0.05) is 250 Å². The Hall–Kier alpha value is -15.1. The van der Waals surface area contributed by atoms with Gasteiger partial charge in [-0.05, 0) is 290 Å². The number of hydrogen-bond acceptors (Lipinski definition) is 7. The molecule has 0 bridgehead atoms. The number of unbranched alkanes of at least 4 members (excludes halogenated alkanes) is 2. The Bertz CT molecular complexity index is 7440. The monoisotopic (exact) mass is 1790 g/mol. The molecule has 6 heterocycles. The lowest BCUT2D eigenvalue weighted by Crippen LogP contribution is -2.25. The van der Waals surface area contributed by atoms with Crippen molar-refractivity contribution in [2.75, 3.05) is 14.8 Å². The molecule has 15 aromatic carbocycles. The van der Waals surface area contributed by atoms with Crippen LogP contribution in [0.5, 0.6) is 0 Å². The topological polar surface area (TPSA) is 72.5 Å². The molecule has 11 nitrogen and oxygen atoms in total. The van der Waals surface area contributed by atoms with E-state index in [1.54, 1.807) is 0 Å². The van der Waals surface area contributed by atoms with Crippen LogP contribution < -0.4 is 14.8 Å². The molecule has 6 aromatic heterocycles. The summed E-state index contributed by atoms with van der Waals surface area (Å²) in [4.78, 5) is 15.4. The minimum absolute atomic E-state index is 0.0943. The molecule has 676 valence electrons. The molecule has 0 aliphatic heterocycles. The number of benzene rings is 15. The number of rotatable bonds is 21. The molecule has 0 unspecified atom stereocenters. The predicted octanol–water partition coefficient (Wildman–Crippen LogP) is 33.8. The van der Waals surface area contributed by atoms with Crippen LogP contribution >= 0.6 is 11.3 Å². The van der Waals surface area contributed by atoms with Crippen molar-refractivity contribution in [1.82, 2.24) is 32.8 Å². The van der Waals surface area contributed by atoms with E-state index in [2.05, 4.69) is 487 Å². The summed E-state index contributed by atoms with van der Waals surface area (Å²) in [6, 6.07) is 124. The summed E-state index contributed by atoms with van der Waals surface area (Å²) in [7, 11) is 6.25. The predicted molar refractivity (Wildman–Crippen MR) is 580 cm³/mol. The largest absolute Gasteiger partial charge is 0.344 e. The van der Waals surface area contributed by atoms with Crippen molar-refractivity contribution in [2.45, 2.75) is 133 Å². The smallest absolute Gasteiger partial charge is 0.139 e. The van der Waals surface area contributed by atoms with E-state index in [1.807, 2.05) is 47.3 Å². The summed E-state index contributed by atoms with van der Waals surface area (Å²) in [5.41, 5.74) is 36.7.